The quantitative estimate of drug-likeness (QED) is 0.487. The van der Waals surface area contributed by atoms with E-state index in [1.54, 1.807) is 0 Å². The van der Waals surface area contributed by atoms with Crippen LogP contribution in [0.3, 0.4) is 0 Å². The molecule has 1 aliphatic rings. The van der Waals surface area contributed by atoms with E-state index in [-0.39, 0.29) is 0 Å². The summed E-state index contributed by atoms with van der Waals surface area (Å²) < 4.78 is 0. The molecular formula is C10H13NO2. The number of amides is 1. The Morgan fingerprint density at radius 3 is 2.15 bits per heavy atom. The van der Waals surface area contributed by atoms with E-state index in [4.69, 9.17) is 0 Å². The van der Waals surface area contributed by atoms with Crippen LogP contribution in [-0.2, 0) is 9.59 Å². The Kier molecular flexibility index (Phi) is 4.44. The van der Waals surface area contributed by atoms with Crippen LogP contribution in [0, 0.1) is 0 Å². The molecule has 0 bridgehead atoms. The third-order valence-corrected chi connectivity index (χ3v) is 1.32. The van der Waals surface area contributed by atoms with E-state index in [0.717, 1.165) is 0 Å². The van der Waals surface area contributed by atoms with Gasteiger partial charge in [-0.1, -0.05) is 33.1 Å². The molecule has 3 nitrogen and oxygen atoms in total. The topological polar surface area (TPSA) is 46.2 Å². The van der Waals surface area contributed by atoms with Gasteiger partial charge in [0.15, 0.2) is 0 Å². The van der Waals surface area contributed by atoms with Crippen molar-refractivity contribution in [3.05, 3.63) is 36.6 Å². The van der Waals surface area contributed by atoms with Gasteiger partial charge in [-0.05, 0) is 6.08 Å². The first-order chi connectivity index (χ1) is 6.16. The second-order valence-electron chi connectivity index (χ2n) is 2.08. The van der Waals surface area contributed by atoms with Crippen molar-refractivity contribution in [3.63, 3.8) is 0 Å². The number of rotatable bonds is 1. The van der Waals surface area contributed by atoms with Crippen LogP contribution in [0.15, 0.2) is 36.6 Å². The van der Waals surface area contributed by atoms with Gasteiger partial charge in [0, 0.05) is 5.70 Å². The SMILES string of the molecule is C=C/C=C1\C(=C)NC(=O)C1=O.CC. The van der Waals surface area contributed by atoms with Gasteiger partial charge in [-0.15, -0.1) is 0 Å². The molecule has 1 fully saturated rings. The minimum Gasteiger partial charge on any atom is -0.319 e. The monoisotopic (exact) mass is 179 g/mol. The van der Waals surface area contributed by atoms with Crippen molar-refractivity contribution in [2.45, 2.75) is 13.8 Å². The van der Waals surface area contributed by atoms with Crippen molar-refractivity contribution >= 4 is 11.7 Å². The highest BCUT2D eigenvalue weighted by Crippen LogP contribution is 2.12. The highest BCUT2D eigenvalue weighted by molar-refractivity contribution is 6.47. The van der Waals surface area contributed by atoms with Gasteiger partial charge in [-0.2, -0.15) is 0 Å². The number of ketones is 1. The summed E-state index contributed by atoms with van der Waals surface area (Å²) in [6, 6.07) is 0. The number of Topliss-reactive ketones (excluding diaryl/α,β-unsaturated/α-hetero) is 1. The molecule has 0 saturated carbocycles. The maximum absolute atomic E-state index is 10.9. The first-order valence-corrected chi connectivity index (χ1v) is 4.04. The van der Waals surface area contributed by atoms with Crippen molar-refractivity contribution in [1.29, 1.82) is 0 Å². The molecule has 13 heavy (non-hydrogen) atoms. The zero-order valence-electron chi connectivity index (χ0n) is 7.89. The fourth-order valence-electron chi connectivity index (χ4n) is 0.815. The molecule has 1 N–H and O–H groups in total. The van der Waals surface area contributed by atoms with Crippen LogP contribution < -0.4 is 5.32 Å². The van der Waals surface area contributed by atoms with Gasteiger partial charge in [0.1, 0.15) is 0 Å². The highest BCUT2D eigenvalue weighted by atomic mass is 16.2. The second-order valence-corrected chi connectivity index (χ2v) is 2.08. The number of hydrogen-bond acceptors (Lipinski definition) is 2. The molecule has 0 aromatic heterocycles. The van der Waals surface area contributed by atoms with E-state index in [1.165, 1.54) is 12.2 Å². The summed E-state index contributed by atoms with van der Waals surface area (Å²) >= 11 is 0. The third-order valence-electron chi connectivity index (χ3n) is 1.32. The van der Waals surface area contributed by atoms with Crippen LogP contribution in [0.25, 0.3) is 0 Å². The van der Waals surface area contributed by atoms with Gasteiger partial charge < -0.3 is 5.32 Å². The number of allylic oxidation sites excluding steroid dienone is 3. The van der Waals surface area contributed by atoms with Crippen LogP contribution in [0.1, 0.15) is 13.8 Å². The van der Waals surface area contributed by atoms with Gasteiger partial charge in [-0.3, -0.25) is 9.59 Å². The maximum atomic E-state index is 10.9. The van der Waals surface area contributed by atoms with E-state index in [0.29, 0.717) is 11.3 Å². The zero-order chi connectivity index (χ0) is 10.4. The smallest absolute Gasteiger partial charge is 0.296 e. The lowest BCUT2D eigenvalue weighted by Gasteiger charge is -1.89. The minimum atomic E-state index is -0.622. The van der Waals surface area contributed by atoms with Crippen molar-refractivity contribution in [1.82, 2.24) is 5.32 Å². The Morgan fingerprint density at radius 1 is 1.31 bits per heavy atom. The number of carbonyl (C=O) groups excluding carboxylic acids is 2. The molecule has 3 heteroatoms. The van der Waals surface area contributed by atoms with E-state index in [2.05, 4.69) is 18.5 Å². The van der Waals surface area contributed by atoms with Crippen LogP contribution in [0.5, 0.6) is 0 Å². The minimum absolute atomic E-state index is 0.296. The largest absolute Gasteiger partial charge is 0.319 e. The van der Waals surface area contributed by atoms with Gasteiger partial charge in [0.05, 0.1) is 5.57 Å². The van der Waals surface area contributed by atoms with Gasteiger partial charge in [-0.25, -0.2) is 0 Å². The molecule has 0 aliphatic carbocycles. The Morgan fingerprint density at radius 2 is 1.85 bits per heavy atom. The standard InChI is InChI=1S/C8H7NO2.C2H6/c1-3-4-6-5(2)9-8(11)7(6)10;1-2/h3-4H,1-2H2,(H,9,11);1-2H3/b6-4+;. The van der Waals surface area contributed by atoms with Crippen molar-refractivity contribution in [2.24, 2.45) is 0 Å². The van der Waals surface area contributed by atoms with Crippen LogP contribution in [0.2, 0.25) is 0 Å². The molecule has 0 atom stereocenters. The molecule has 1 saturated heterocycles. The van der Waals surface area contributed by atoms with Gasteiger partial charge in [0.2, 0.25) is 0 Å². The van der Waals surface area contributed by atoms with E-state index in [9.17, 15) is 9.59 Å². The summed E-state index contributed by atoms with van der Waals surface area (Å²) in [7, 11) is 0. The molecule has 0 unspecified atom stereocenters. The molecule has 1 amide bonds. The number of hydrogen-bond donors (Lipinski definition) is 1. The third kappa shape index (κ3) is 2.40. The number of nitrogens with one attached hydrogen (secondary N) is 1. The van der Waals surface area contributed by atoms with Crippen molar-refractivity contribution in [3.8, 4) is 0 Å². The summed E-state index contributed by atoms with van der Waals surface area (Å²) in [6.07, 6.45) is 2.90. The lowest BCUT2D eigenvalue weighted by atomic mass is 10.1. The lowest BCUT2D eigenvalue weighted by Crippen LogP contribution is -2.17. The fourth-order valence-corrected chi connectivity index (χ4v) is 0.815. The maximum Gasteiger partial charge on any atom is 0.296 e. The Hall–Kier alpha value is -1.64. The van der Waals surface area contributed by atoms with Crippen LogP contribution in [-0.4, -0.2) is 11.7 Å². The molecule has 0 spiro atoms. The first kappa shape index (κ1) is 11.4. The average molecular weight is 179 g/mol. The molecule has 1 rings (SSSR count). The molecule has 1 aliphatic heterocycles. The molecule has 70 valence electrons. The summed E-state index contributed by atoms with van der Waals surface area (Å²) in [4.78, 5) is 21.6. The fraction of sp³-hybridized carbons (Fsp3) is 0.200. The normalized spacial score (nSPS) is 18.0. The van der Waals surface area contributed by atoms with Gasteiger partial charge >= 0.3 is 0 Å². The second kappa shape index (κ2) is 5.09. The molecular weight excluding hydrogens is 166 g/mol. The zero-order valence-corrected chi connectivity index (χ0v) is 7.89. The van der Waals surface area contributed by atoms with E-state index in [1.807, 2.05) is 13.8 Å². The highest BCUT2D eigenvalue weighted by Gasteiger charge is 2.28. The van der Waals surface area contributed by atoms with Gasteiger partial charge in [0.25, 0.3) is 11.7 Å². The molecule has 0 radical (unpaired) electrons. The van der Waals surface area contributed by atoms with Crippen LogP contribution in [0.4, 0.5) is 0 Å². The summed E-state index contributed by atoms with van der Waals surface area (Å²) in [5.74, 6) is -1.17. The predicted molar refractivity (Wildman–Crippen MR) is 51.9 cm³/mol. The molecule has 0 aromatic carbocycles. The summed E-state index contributed by atoms with van der Waals surface area (Å²) in [5, 5.41) is 2.30. The Labute approximate surface area is 77.8 Å². The molecule has 1 heterocycles. The summed E-state index contributed by atoms with van der Waals surface area (Å²) in [6.45, 7) is 10.9. The first-order valence-electron chi connectivity index (χ1n) is 4.04. The Balaban J connectivity index is 0.000000671. The van der Waals surface area contributed by atoms with E-state index < -0.39 is 11.7 Å². The Bertz CT molecular complexity index is 287. The number of carbonyl (C=O) groups is 2. The predicted octanol–water partition coefficient (Wildman–Crippen LogP) is 1.34. The molecule has 0 aromatic rings. The van der Waals surface area contributed by atoms with Crippen molar-refractivity contribution < 1.29 is 9.59 Å². The van der Waals surface area contributed by atoms with Crippen LogP contribution >= 0.6 is 0 Å². The lowest BCUT2D eigenvalue weighted by molar-refractivity contribution is -0.133. The summed E-state index contributed by atoms with van der Waals surface area (Å²) in [5.41, 5.74) is 0.643. The average Bonchev–Trinajstić information content (AvgIpc) is 2.36. The van der Waals surface area contributed by atoms with Crippen molar-refractivity contribution in [2.75, 3.05) is 0 Å². The van der Waals surface area contributed by atoms with E-state index >= 15 is 0 Å².